The summed E-state index contributed by atoms with van der Waals surface area (Å²) < 4.78 is 5.26. The van der Waals surface area contributed by atoms with E-state index in [4.69, 9.17) is 4.74 Å². The molecule has 86 valence electrons. The summed E-state index contributed by atoms with van der Waals surface area (Å²) in [4.78, 5) is 8.80. The highest BCUT2D eigenvalue weighted by atomic mass is 32.2. The number of ether oxygens (including phenoxy) is 1. The minimum absolute atomic E-state index is 0.332. The SMILES string of the molecule is COc1cccc(C2CSc3nccnc32)c1. The van der Waals surface area contributed by atoms with Crippen molar-refractivity contribution in [2.45, 2.75) is 10.9 Å². The van der Waals surface area contributed by atoms with Crippen molar-refractivity contribution < 1.29 is 4.74 Å². The second kappa shape index (κ2) is 4.37. The van der Waals surface area contributed by atoms with E-state index in [2.05, 4.69) is 22.1 Å². The average molecular weight is 244 g/mol. The van der Waals surface area contributed by atoms with Gasteiger partial charge in [-0.05, 0) is 17.7 Å². The number of hydrogen-bond acceptors (Lipinski definition) is 4. The molecule has 17 heavy (non-hydrogen) atoms. The van der Waals surface area contributed by atoms with Gasteiger partial charge in [0.15, 0.2) is 0 Å². The fraction of sp³-hybridized carbons (Fsp3) is 0.231. The molecule has 1 unspecified atom stereocenters. The first-order valence-electron chi connectivity index (χ1n) is 5.46. The molecule has 1 aliphatic heterocycles. The molecule has 0 radical (unpaired) electrons. The minimum atomic E-state index is 0.332. The third kappa shape index (κ3) is 1.89. The normalized spacial score (nSPS) is 17.8. The van der Waals surface area contributed by atoms with Crippen LogP contribution in [0, 0.1) is 0 Å². The Morgan fingerprint density at radius 2 is 2.18 bits per heavy atom. The van der Waals surface area contributed by atoms with Crippen LogP contribution in [0.3, 0.4) is 0 Å². The Balaban J connectivity index is 2.01. The first kappa shape index (κ1) is 10.6. The molecule has 0 amide bonds. The lowest BCUT2D eigenvalue weighted by Gasteiger charge is -2.10. The molecule has 4 heteroatoms. The lowest BCUT2D eigenvalue weighted by molar-refractivity contribution is 0.414. The maximum Gasteiger partial charge on any atom is 0.119 e. The van der Waals surface area contributed by atoms with Crippen LogP contribution in [0.1, 0.15) is 17.2 Å². The maximum atomic E-state index is 5.26. The molecule has 3 nitrogen and oxygen atoms in total. The van der Waals surface area contributed by atoms with Crippen molar-refractivity contribution in [1.29, 1.82) is 0 Å². The molecule has 1 aromatic heterocycles. The number of methoxy groups -OCH3 is 1. The molecule has 1 aliphatic rings. The van der Waals surface area contributed by atoms with E-state index in [0.717, 1.165) is 22.2 Å². The summed E-state index contributed by atoms with van der Waals surface area (Å²) >= 11 is 1.77. The van der Waals surface area contributed by atoms with Crippen molar-refractivity contribution in [2.75, 3.05) is 12.9 Å². The van der Waals surface area contributed by atoms with Crippen molar-refractivity contribution in [3.05, 3.63) is 47.9 Å². The van der Waals surface area contributed by atoms with Crippen LogP contribution in [0.4, 0.5) is 0 Å². The number of thioether (sulfide) groups is 1. The third-order valence-corrected chi connectivity index (χ3v) is 3.99. The predicted molar refractivity (Wildman–Crippen MR) is 67.6 cm³/mol. The summed E-state index contributed by atoms with van der Waals surface area (Å²) in [6, 6.07) is 8.18. The molecule has 3 rings (SSSR count). The van der Waals surface area contributed by atoms with Gasteiger partial charge in [0.05, 0.1) is 12.8 Å². The van der Waals surface area contributed by atoms with E-state index in [1.165, 1.54) is 5.56 Å². The van der Waals surface area contributed by atoms with Gasteiger partial charge < -0.3 is 4.74 Å². The van der Waals surface area contributed by atoms with E-state index in [0.29, 0.717) is 5.92 Å². The monoisotopic (exact) mass is 244 g/mol. The molecule has 0 spiro atoms. The highest BCUT2D eigenvalue weighted by Gasteiger charge is 2.27. The number of fused-ring (bicyclic) bond motifs is 1. The van der Waals surface area contributed by atoms with Crippen LogP contribution < -0.4 is 4.74 Å². The molecule has 0 bridgehead atoms. The van der Waals surface area contributed by atoms with Crippen molar-refractivity contribution in [1.82, 2.24) is 9.97 Å². The highest BCUT2D eigenvalue weighted by molar-refractivity contribution is 7.99. The fourth-order valence-electron chi connectivity index (χ4n) is 2.04. The number of aromatic nitrogens is 2. The van der Waals surface area contributed by atoms with Crippen LogP contribution in [-0.2, 0) is 0 Å². The molecule has 0 saturated carbocycles. The fourth-order valence-corrected chi connectivity index (χ4v) is 3.19. The Morgan fingerprint density at radius 3 is 3.06 bits per heavy atom. The summed E-state index contributed by atoms with van der Waals surface area (Å²) in [5.41, 5.74) is 2.34. The van der Waals surface area contributed by atoms with Crippen LogP contribution in [0.15, 0.2) is 41.7 Å². The second-order valence-corrected chi connectivity index (χ2v) is 4.90. The predicted octanol–water partition coefficient (Wildman–Crippen LogP) is 2.72. The lowest BCUT2D eigenvalue weighted by atomic mass is 9.98. The van der Waals surface area contributed by atoms with Crippen LogP contribution >= 0.6 is 11.8 Å². The molecular formula is C13H12N2OS. The van der Waals surface area contributed by atoms with Crippen molar-refractivity contribution >= 4 is 11.8 Å². The Morgan fingerprint density at radius 1 is 1.29 bits per heavy atom. The van der Waals surface area contributed by atoms with Crippen molar-refractivity contribution in [3.8, 4) is 5.75 Å². The standard InChI is InChI=1S/C13H12N2OS/c1-16-10-4-2-3-9(7-10)11-8-17-13-12(11)14-5-6-15-13/h2-7,11H,8H2,1H3. The van der Waals surface area contributed by atoms with E-state index in [9.17, 15) is 0 Å². The van der Waals surface area contributed by atoms with Crippen LogP contribution in [-0.4, -0.2) is 22.8 Å². The molecule has 2 heterocycles. The Hall–Kier alpha value is -1.55. The summed E-state index contributed by atoms with van der Waals surface area (Å²) in [5.74, 6) is 2.23. The van der Waals surface area contributed by atoms with Gasteiger partial charge in [-0.25, -0.2) is 4.98 Å². The lowest BCUT2D eigenvalue weighted by Crippen LogP contribution is -2.02. The zero-order valence-corrected chi connectivity index (χ0v) is 10.3. The van der Waals surface area contributed by atoms with Gasteiger partial charge in [-0.1, -0.05) is 12.1 Å². The van der Waals surface area contributed by atoms with Gasteiger partial charge in [0.1, 0.15) is 10.8 Å². The van der Waals surface area contributed by atoms with E-state index in [-0.39, 0.29) is 0 Å². The van der Waals surface area contributed by atoms with Crippen LogP contribution in [0.5, 0.6) is 5.75 Å². The summed E-state index contributed by atoms with van der Waals surface area (Å²) in [6.45, 7) is 0. The third-order valence-electron chi connectivity index (χ3n) is 2.90. The van der Waals surface area contributed by atoms with Crippen LogP contribution in [0.2, 0.25) is 0 Å². The second-order valence-electron chi connectivity index (χ2n) is 3.89. The number of rotatable bonds is 2. The summed E-state index contributed by atoms with van der Waals surface area (Å²) in [6.07, 6.45) is 3.51. The Kier molecular flexibility index (Phi) is 2.73. The van der Waals surface area contributed by atoms with Gasteiger partial charge in [0.25, 0.3) is 0 Å². The molecule has 2 aromatic rings. The van der Waals surface area contributed by atoms with Gasteiger partial charge in [0.2, 0.25) is 0 Å². The first-order chi connectivity index (χ1) is 8.38. The van der Waals surface area contributed by atoms with Gasteiger partial charge in [-0.3, -0.25) is 4.98 Å². The molecule has 1 aromatic carbocycles. The van der Waals surface area contributed by atoms with Gasteiger partial charge >= 0.3 is 0 Å². The topological polar surface area (TPSA) is 35.0 Å². The van der Waals surface area contributed by atoms with Crippen molar-refractivity contribution in [3.63, 3.8) is 0 Å². The van der Waals surface area contributed by atoms with E-state index in [1.807, 2.05) is 12.1 Å². The largest absolute Gasteiger partial charge is 0.497 e. The number of hydrogen-bond donors (Lipinski definition) is 0. The average Bonchev–Trinajstić information content (AvgIpc) is 2.82. The summed E-state index contributed by atoms with van der Waals surface area (Å²) in [7, 11) is 1.69. The van der Waals surface area contributed by atoms with E-state index in [1.54, 1.807) is 31.3 Å². The molecule has 1 atom stereocenters. The highest BCUT2D eigenvalue weighted by Crippen LogP contribution is 2.40. The molecule has 0 aliphatic carbocycles. The summed E-state index contributed by atoms with van der Waals surface area (Å²) in [5, 5.41) is 1.06. The van der Waals surface area contributed by atoms with Gasteiger partial charge in [0, 0.05) is 24.1 Å². The van der Waals surface area contributed by atoms with E-state index >= 15 is 0 Å². The number of benzene rings is 1. The van der Waals surface area contributed by atoms with Gasteiger partial charge in [-0.15, -0.1) is 11.8 Å². The molecule has 0 N–H and O–H groups in total. The molecule has 0 saturated heterocycles. The van der Waals surface area contributed by atoms with Crippen LogP contribution in [0.25, 0.3) is 0 Å². The van der Waals surface area contributed by atoms with Gasteiger partial charge in [-0.2, -0.15) is 0 Å². The van der Waals surface area contributed by atoms with Crippen molar-refractivity contribution in [2.24, 2.45) is 0 Å². The minimum Gasteiger partial charge on any atom is -0.497 e. The van der Waals surface area contributed by atoms with E-state index < -0.39 is 0 Å². The Bertz CT molecular complexity index is 544. The molecule has 0 fully saturated rings. The number of nitrogens with zero attached hydrogens (tertiary/aromatic N) is 2. The maximum absolute atomic E-state index is 5.26. The zero-order valence-electron chi connectivity index (χ0n) is 9.46. The Labute approximate surface area is 104 Å². The molecular weight excluding hydrogens is 232 g/mol. The zero-order chi connectivity index (χ0) is 11.7. The quantitative estimate of drug-likeness (QED) is 0.813. The first-order valence-corrected chi connectivity index (χ1v) is 6.44. The smallest absolute Gasteiger partial charge is 0.119 e.